The highest BCUT2D eigenvalue weighted by molar-refractivity contribution is 7.89. The van der Waals surface area contributed by atoms with Gasteiger partial charge < -0.3 is 4.74 Å². The van der Waals surface area contributed by atoms with E-state index < -0.39 is 10.0 Å². The molecule has 1 aliphatic rings. The standard InChI is InChI=1S/C19H19N3O4S/c1-14(23)15-4-6-18(7-5-15)27(24,25)22-11-8-17(9-12-22)26-19-16(13-20)3-2-10-21-19/h2-7,10,17H,8-9,11-12H2,1H3. The minimum Gasteiger partial charge on any atom is -0.473 e. The molecule has 0 N–H and O–H groups in total. The normalized spacial score (nSPS) is 15.9. The van der Waals surface area contributed by atoms with Crippen LogP contribution in [0.1, 0.15) is 35.7 Å². The van der Waals surface area contributed by atoms with Crippen molar-refractivity contribution in [2.75, 3.05) is 13.1 Å². The number of benzene rings is 1. The highest BCUT2D eigenvalue weighted by Crippen LogP contribution is 2.24. The Hall–Kier alpha value is -2.76. The summed E-state index contributed by atoms with van der Waals surface area (Å²) in [6, 6.07) is 11.3. The molecule has 1 saturated heterocycles. The number of pyridine rings is 1. The van der Waals surface area contributed by atoms with E-state index in [2.05, 4.69) is 4.98 Å². The number of piperidine rings is 1. The summed E-state index contributed by atoms with van der Waals surface area (Å²) in [7, 11) is -3.62. The Balaban J connectivity index is 1.66. The van der Waals surface area contributed by atoms with Crippen molar-refractivity contribution >= 4 is 15.8 Å². The van der Waals surface area contributed by atoms with Gasteiger partial charge in [0.05, 0.1) is 4.90 Å². The van der Waals surface area contributed by atoms with E-state index in [0.717, 1.165) is 0 Å². The summed E-state index contributed by atoms with van der Waals surface area (Å²) in [6.45, 7) is 2.07. The highest BCUT2D eigenvalue weighted by Gasteiger charge is 2.30. The lowest BCUT2D eigenvalue weighted by molar-refractivity contribution is 0.101. The van der Waals surface area contributed by atoms with Crippen LogP contribution in [-0.4, -0.2) is 42.7 Å². The first-order valence-corrected chi connectivity index (χ1v) is 9.99. The summed E-state index contributed by atoms with van der Waals surface area (Å²) in [6.07, 6.45) is 2.37. The van der Waals surface area contributed by atoms with Gasteiger partial charge in [0, 0.05) is 24.8 Å². The second kappa shape index (κ2) is 7.86. The van der Waals surface area contributed by atoms with Gasteiger partial charge in [-0.1, -0.05) is 12.1 Å². The molecular weight excluding hydrogens is 366 g/mol. The Labute approximate surface area is 158 Å². The molecule has 1 aliphatic heterocycles. The monoisotopic (exact) mass is 385 g/mol. The van der Waals surface area contributed by atoms with E-state index in [4.69, 9.17) is 10.00 Å². The summed E-state index contributed by atoms with van der Waals surface area (Å²) in [5.41, 5.74) is 0.836. The van der Waals surface area contributed by atoms with Crippen LogP contribution < -0.4 is 4.74 Å². The van der Waals surface area contributed by atoms with Crippen LogP contribution in [0.25, 0.3) is 0 Å². The SMILES string of the molecule is CC(=O)c1ccc(S(=O)(=O)N2CCC(Oc3ncccc3C#N)CC2)cc1. The number of hydrogen-bond donors (Lipinski definition) is 0. The molecule has 7 nitrogen and oxygen atoms in total. The third-order valence-corrected chi connectivity index (χ3v) is 6.38. The van der Waals surface area contributed by atoms with Gasteiger partial charge in [-0.2, -0.15) is 9.57 Å². The molecule has 2 heterocycles. The number of nitriles is 1. The Bertz CT molecular complexity index is 973. The fourth-order valence-corrected chi connectivity index (χ4v) is 4.40. The molecule has 3 rings (SSSR count). The van der Waals surface area contributed by atoms with E-state index >= 15 is 0 Å². The minimum atomic E-state index is -3.62. The number of hydrogen-bond acceptors (Lipinski definition) is 6. The van der Waals surface area contributed by atoms with Crippen molar-refractivity contribution < 1.29 is 17.9 Å². The molecule has 0 aliphatic carbocycles. The molecule has 0 radical (unpaired) electrons. The van der Waals surface area contributed by atoms with Crippen LogP contribution in [0, 0.1) is 11.3 Å². The molecule has 8 heteroatoms. The van der Waals surface area contributed by atoms with Crippen LogP contribution in [0.4, 0.5) is 0 Å². The lowest BCUT2D eigenvalue weighted by Crippen LogP contribution is -2.41. The van der Waals surface area contributed by atoms with Crippen LogP contribution in [0.3, 0.4) is 0 Å². The number of carbonyl (C=O) groups is 1. The fourth-order valence-electron chi connectivity index (χ4n) is 2.93. The maximum Gasteiger partial charge on any atom is 0.243 e. The summed E-state index contributed by atoms with van der Waals surface area (Å²) < 4.78 is 32.8. The van der Waals surface area contributed by atoms with Gasteiger partial charge in [-0.3, -0.25) is 4.79 Å². The van der Waals surface area contributed by atoms with Gasteiger partial charge in [-0.05, 0) is 44.0 Å². The fraction of sp³-hybridized carbons (Fsp3) is 0.316. The van der Waals surface area contributed by atoms with Crippen LogP contribution in [0.15, 0.2) is 47.5 Å². The molecule has 1 aromatic heterocycles. The van der Waals surface area contributed by atoms with Crippen molar-refractivity contribution in [2.45, 2.75) is 30.8 Å². The molecule has 1 aromatic carbocycles. The zero-order chi connectivity index (χ0) is 19.4. The summed E-state index contributed by atoms with van der Waals surface area (Å²) >= 11 is 0. The number of carbonyl (C=O) groups excluding carboxylic acids is 1. The van der Waals surface area contributed by atoms with Gasteiger partial charge in [0.15, 0.2) is 5.78 Å². The van der Waals surface area contributed by atoms with Crippen molar-refractivity contribution in [1.82, 2.24) is 9.29 Å². The van der Waals surface area contributed by atoms with Gasteiger partial charge in [0.25, 0.3) is 0 Å². The number of rotatable bonds is 5. The Kier molecular flexibility index (Phi) is 5.54. The van der Waals surface area contributed by atoms with E-state index in [1.54, 1.807) is 18.3 Å². The summed E-state index contributed by atoms with van der Waals surface area (Å²) in [4.78, 5) is 15.6. The Morgan fingerprint density at radius 1 is 1.22 bits per heavy atom. The highest BCUT2D eigenvalue weighted by atomic mass is 32.2. The molecule has 0 spiro atoms. The van der Waals surface area contributed by atoms with Gasteiger partial charge in [0.1, 0.15) is 17.7 Å². The average Bonchev–Trinajstić information content (AvgIpc) is 2.69. The van der Waals surface area contributed by atoms with Gasteiger partial charge >= 0.3 is 0 Å². The first kappa shape index (κ1) is 19.0. The van der Waals surface area contributed by atoms with Crippen LogP contribution in [-0.2, 0) is 10.0 Å². The lowest BCUT2D eigenvalue weighted by Gasteiger charge is -2.31. The number of ketones is 1. The molecule has 27 heavy (non-hydrogen) atoms. The number of aromatic nitrogens is 1. The molecule has 2 aromatic rings. The van der Waals surface area contributed by atoms with E-state index in [1.165, 1.54) is 35.5 Å². The van der Waals surface area contributed by atoms with Crippen molar-refractivity contribution in [1.29, 1.82) is 5.26 Å². The lowest BCUT2D eigenvalue weighted by atomic mass is 10.1. The second-order valence-corrected chi connectivity index (χ2v) is 8.21. The largest absolute Gasteiger partial charge is 0.473 e. The molecule has 0 bridgehead atoms. The van der Waals surface area contributed by atoms with Gasteiger partial charge in [-0.25, -0.2) is 13.4 Å². The predicted molar refractivity (Wildman–Crippen MR) is 97.8 cm³/mol. The van der Waals surface area contributed by atoms with Crippen molar-refractivity contribution in [3.63, 3.8) is 0 Å². The topological polar surface area (TPSA) is 100 Å². The van der Waals surface area contributed by atoms with Gasteiger partial charge in [0.2, 0.25) is 15.9 Å². The number of sulfonamides is 1. The number of nitrogens with zero attached hydrogens (tertiary/aromatic N) is 3. The molecular formula is C19H19N3O4S. The predicted octanol–water partition coefficient (Wildman–Crippen LogP) is 2.39. The van der Waals surface area contributed by atoms with E-state index in [-0.39, 0.29) is 22.7 Å². The molecule has 0 amide bonds. The summed E-state index contributed by atoms with van der Waals surface area (Å²) in [5, 5.41) is 9.10. The van der Waals surface area contributed by atoms with E-state index in [0.29, 0.717) is 37.1 Å². The van der Waals surface area contributed by atoms with Crippen molar-refractivity contribution in [2.24, 2.45) is 0 Å². The van der Waals surface area contributed by atoms with Crippen molar-refractivity contribution in [3.05, 3.63) is 53.7 Å². The van der Waals surface area contributed by atoms with E-state index in [1.807, 2.05) is 6.07 Å². The summed E-state index contributed by atoms with van der Waals surface area (Å²) in [5.74, 6) is 0.171. The minimum absolute atomic E-state index is 0.108. The van der Waals surface area contributed by atoms with Crippen LogP contribution in [0.5, 0.6) is 5.88 Å². The third-order valence-electron chi connectivity index (χ3n) is 4.47. The quantitative estimate of drug-likeness (QED) is 0.733. The zero-order valence-electron chi connectivity index (χ0n) is 14.8. The molecule has 0 unspecified atom stereocenters. The molecule has 0 saturated carbocycles. The smallest absolute Gasteiger partial charge is 0.243 e. The Morgan fingerprint density at radius 3 is 2.48 bits per heavy atom. The zero-order valence-corrected chi connectivity index (χ0v) is 15.6. The third kappa shape index (κ3) is 4.15. The Morgan fingerprint density at radius 2 is 1.89 bits per heavy atom. The first-order chi connectivity index (χ1) is 12.9. The van der Waals surface area contributed by atoms with Gasteiger partial charge in [-0.15, -0.1) is 0 Å². The maximum absolute atomic E-state index is 12.8. The van der Waals surface area contributed by atoms with E-state index in [9.17, 15) is 13.2 Å². The number of ether oxygens (including phenoxy) is 1. The average molecular weight is 385 g/mol. The second-order valence-electron chi connectivity index (χ2n) is 6.27. The molecule has 1 fully saturated rings. The van der Waals surface area contributed by atoms with Crippen molar-refractivity contribution in [3.8, 4) is 11.9 Å². The van der Waals surface area contributed by atoms with Crippen LogP contribution >= 0.6 is 0 Å². The maximum atomic E-state index is 12.8. The molecule has 140 valence electrons. The number of Topliss-reactive ketones (excluding diaryl/α,β-unsaturated/α-hetero) is 1. The first-order valence-electron chi connectivity index (χ1n) is 8.55. The van der Waals surface area contributed by atoms with Crippen LogP contribution in [0.2, 0.25) is 0 Å². The molecule has 0 atom stereocenters.